The lowest BCUT2D eigenvalue weighted by atomic mass is 9.87. The summed E-state index contributed by atoms with van der Waals surface area (Å²) < 4.78 is 0. The molecule has 0 saturated carbocycles. The van der Waals surface area contributed by atoms with Gasteiger partial charge in [0, 0.05) is 17.7 Å². The second kappa shape index (κ2) is 6.97. The largest absolute Gasteiger partial charge is 0.323 e. The van der Waals surface area contributed by atoms with Crippen molar-refractivity contribution < 1.29 is 9.69 Å². The topological polar surface area (TPSA) is 33.5 Å². The molecule has 0 aliphatic heterocycles. The van der Waals surface area contributed by atoms with Crippen molar-refractivity contribution in [1.82, 2.24) is 0 Å². The molecule has 0 fully saturated rings. The molecule has 0 heterocycles. The first kappa shape index (κ1) is 15.8. The molecule has 3 rings (SSSR count). The average molecular weight is 309 g/mol. The molecule has 1 amide bonds. The van der Waals surface area contributed by atoms with Crippen LogP contribution in [0.3, 0.4) is 0 Å². The molecule has 2 aromatic rings. The molecule has 3 heteroatoms. The smallest absolute Gasteiger partial charge is 0.279 e. The maximum atomic E-state index is 12.3. The van der Waals surface area contributed by atoms with E-state index in [1.54, 1.807) is 0 Å². The molecule has 23 heavy (non-hydrogen) atoms. The summed E-state index contributed by atoms with van der Waals surface area (Å²) in [4.78, 5) is 13.6. The number of quaternary nitrogens is 1. The fraction of sp³-hybridized carbons (Fsp3) is 0.350. The van der Waals surface area contributed by atoms with Crippen molar-refractivity contribution in [2.45, 2.75) is 32.2 Å². The number of likely N-dealkylation sites (N-methyl/N-ethyl adjacent to an activating group) is 1. The third kappa shape index (κ3) is 3.80. The first-order valence-corrected chi connectivity index (χ1v) is 8.40. The van der Waals surface area contributed by atoms with Crippen LogP contribution in [0.2, 0.25) is 0 Å². The van der Waals surface area contributed by atoms with E-state index >= 15 is 0 Å². The van der Waals surface area contributed by atoms with Gasteiger partial charge in [-0.1, -0.05) is 42.0 Å². The number of amides is 1. The molecule has 0 spiro atoms. The van der Waals surface area contributed by atoms with Gasteiger partial charge in [-0.15, -0.1) is 0 Å². The lowest BCUT2D eigenvalue weighted by Crippen LogP contribution is -3.10. The van der Waals surface area contributed by atoms with E-state index in [4.69, 9.17) is 0 Å². The molecule has 2 N–H and O–H groups in total. The van der Waals surface area contributed by atoms with Crippen LogP contribution in [0, 0.1) is 6.92 Å². The SMILES string of the molecule is Cc1ccc(NC(=O)C[NH+](C)[C@H]2CCCc3ccccc32)cc1. The first-order chi connectivity index (χ1) is 11.1. The lowest BCUT2D eigenvalue weighted by molar-refractivity contribution is -0.905. The van der Waals surface area contributed by atoms with E-state index in [9.17, 15) is 4.79 Å². The number of carbonyl (C=O) groups is 1. The van der Waals surface area contributed by atoms with Crippen LogP contribution in [0.1, 0.15) is 35.6 Å². The van der Waals surface area contributed by atoms with E-state index in [1.807, 2.05) is 31.2 Å². The molecular formula is C20H25N2O+. The summed E-state index contributed by atoms with van der Waals surface area (Å²) in [5.74, 6) is 0.0782. The second-order valence-electron chi connectivity index (χ2n) is 6.58. The number of fused-ring (bicyclic) bond motifs is 1. The van der Waals surface area contributed by atoms with E-state index in [2.05, 4.69) is 36.6 Å². The van der Waals surface area contributed by atoms with Crippen molar-refractivity contribution in [3.05, 3.63) is 65.2 Å². The van der Waals surface area contributed by atoms with Crippen molar-refractivity contribution in [2.75, 3.05) is 18.9 Å². The normalized spacial score (nSPS) is 18.1. The molecule has 0 bridgehead atoms. The quantitative estimate of drug-likeness (QED) is 0.894. The van der Waals surface area contributed by atoms with E-state index < -0.39 is 0 Å². The van der Waals surface area contributed by atoms with Crippen LogP contribution in [0.5, 0.6) is 0 Å². The zero-order chi connectivity index (χ0) is 16.2. The second-order valence-corrected chi connectivity index (χ2v) is 6.58. The maximum absolute atomic E-state index is 12.3. The van der Waals surface area contributed by atoms with Gasteiger partial charge >= 0.3 is 0 Å². The van der Waals surface area contributed by atoms with Crippen molar-refractivity contribution >= 4 is 11.6 Å². The van der Waals surface area contributed by atoms with Gasteiger partial charge in [0.05, 0.1) is 7.05 Å². The van der Waals surface area contributed by atoms with Gasteiger partial charge in [0.15, 0.2) is 6.54 Å². The van der Waals surface area contributed by atoms with E-state index in [1.165, 1.54) is 28.0 Å². The molecule has 3 nitrogen and oxygen atoms in total. The van der Waals surface area contributed by atoms with Crippen molar-refractivity contribution in [1.29, 1.82) is 0 Å². The summed E-state index contributed by atoms with van der Waals surface area (Å²) in [6.07, 6.45) is 3.52. The monoisotopic (exact) mass is 309 g/mol. The van der Waals surface area contributed by atoms with Crippen molar-refractivity contribution in [3.63, 3.8) is 0 Å². The Kier molecular flexibility index (Phi) is 4.77. The number of carbonyl (C=O) groups excluding carboxylic acids is 1. The number of benzene rings is 2. The average Bonchev–Trinajstić information content (AvgIpc) is 2.56. The third-order valence-electron chi connectivity index (χ3n) is 4.74. The van der Waals surface area contributed by atoms with Crippen LogP contribution in [0.25, 0.3) is 0 Å². The Morgan fingerprint density at radius 1 is 1.17 bits per heavy atom. The molecule has 1 aliphatic carbocycles. The zero-order valence-corrected chi connectivity index (χ0v) is 13.9. The summed E-state index contributed by atoms with van der Waals surface area (Å²) in [5.41, 5.74) is 4.93. The first-order valence-electron chi connectivity index (χ1n) is 8.40. The fourth-order valence-corrected chi connectivity index (χ4v) is 3.48. The Labute approximate surface area is 138 Å². The van der Waals surface area contributed by atoms with Gasteiger partial charge in [-0.2, -0.15) is 0 Å². The summed E-state index contributed by atoms with van der Waals surface area (Å²) in [6.45, 7) is 2.54. The molecular weight excluding hydrogens is 284 g/mol. The molecule has 0 aromatic heterocycles. The van der Waals surface area contributed by atoms with Crippen molar-refractivity contribution in [3.8, 4) is 0 Å². The molecule has 0 radical (unpaired) electrons. The van der Waals surface area contributed by atoms with Crippen LogP contribution in [0.4, 0.5) is 5.69 Å². The van der Waals surface area contributed by atoms with Crippen LogP contribution in [0.15, 0.2) is 48.5 Å². The van der Waals surface area contributed by atoms with Crippen LogP contribution >= 0.6 is 0 Å². The summed E-state index contributed by atoms with van der Waals surface area (Å²) in [6, 6.07) is 17.0. The Bertz CT molecular complexity index is 678. The van der Waals surface area contributed by atoms with E-state index in [0.717, 1.165) is 18.5 Å². The maximum Gasteiger partial charge on any atom is 0.279 e. The highest BCUT2D eigenvalue weighted by atomic mass is 16.2. The Morgan fingerprint density at radius 3 is 2.70 bits per heavy atom. The predicted octanol–water partition coefficient (Wildman–Crippen LogP) is 2.53. The Balaban J connectivity index is 1.64. The highest BCUT2D eigenvalue weighted by Gasteiger charge is 2.27. The molecule has 2 aromatic carbocycles. The lowest BCUT2D eigenvalue weighted by Gasteiger charge is -2.30. The summed E-state index contributed by atoms with van der Waals surface area (Å²) in [7, 11) is 2.13. The standard InChI is InChI=1S/C20H24N2O/c1-15-10-12-17(13-11-15)21-20(23)14-22(2)19-9-5-7-16-6-3-4-8-18(16)19/h3-4,6,8,10-13,19H,5,7,9,14H2,1-2H3,(H,21,23)/p+1/t19-/m0/s1. The van der Waals surface area contributed by atoms with Crippen LogP contribution in [-0.2, 0) is 11.2 Å². The minimum Gasteiger partial charge on any atom is -0.323 e. The fourth-order valence-electron chi connectivity index (χ4n) is 3.48. The minimum atomic E-state index is 0.0782. The highest BCUT2D eigenvalue weighted by molar-refractivity contribution is 5.91. The number of hydrogen-bond acceptors (Lipinski definition) is 1. The van der Waals surface area contributed by atoms with Crippen LogP contribution in [-0.4, -0.2) is 19.5 Å². The predicted molar refractivity (Wildman–Crippen MR) is 93.7 cm³/mol. The number of nitrogens with one attached hydrogen (secondary N) is 2. The zero-order valence-electron chi connectivity index (χ0n) is 13.9. The van der Waals surface area contributed by atoms with Gasteiger partial charge in [-0.3, -0.25) is 4.79 Å². The van der Waals surface area contributed by atoms with Gasteiger partial charge in [-0.25, -0.2) is 0 Å². The molecule has 0 saturated heterocycles. The van der Waals surface area contributed by atoms with Crippen LogP contribution < -0.4 is 10.2 Å². The highest BCUT2D eigenvalue weighted by Crippen LogP contribution is 2.27. The third-order valence-corrected chi connectivity index (χ3v) is 4.74. The van der Waals surface area contributed by atoms with E-state index in [0.29, 0.717) is 12.6 Å². The molecule has 2 atom stereocenters. The molecule has 1 aliphatic rings. The minimum absolute atomic E-state index is 0.0782. The van der Waals surface area contributed by atoms with Crippen molar-refractivity contribution in [2.24, 2.45) is 0 Å². The number of rotatable bonds is 4. The number of anilines is 1. The van der Waals surface area contributed by atoms with Gasteiger partial charge in [-0.05, 0) is 37.5 Å². The molecule has 1 unspecified atom stereocenters. The van der Waals surface area contributed by atoms with Gasteiger partial charge < -0.3 is 10.2 Å². The molecule has 120 valence electrons. The van der Waals surface area contributed by atoms with Gasteiger partial charge in [0.25, 0.3) is 5.91 Å². The van der Waals surface area contributed by atoms with Gasteiger partial charge in [0.2, 0.25) is 0 Å². The Hall–Kier alpha value is -2.13. The number of hydrogen-bond donors (Lipinski definition) is 2. The summed E-state index contributed by atoms with van der Waals surface area (Å²) >= 11 is 0. The van der Waals surface area contributed by atoms with Gasteiger partial charge in [0.1, 0.15) is 6.04 Å². The Morgan fingerprint density at radius 2 is 1.91 bits per heavy atom. The summed E-state index contributed by atoms with van der Waals surface area (Å²) in [5, 5.41) is 3.00. The number of aryl methyl sites for hydroxylation is 2. The van der Waals surface area contributed by atoms with E-state index in [-0.39, 0.29) is 5.91 Å².